The zero-order valence-corrected chi connectivity index (χ0v) is 12.7. The quantitative estimate of drug-likeness (QED) is 0.733. The standard InChI is InChI=1S/C16H17ClN2O3/c17-12-6-7-14(21-9-8-19-11-16(18)20)15(10-12)22-13-4-2-1-3-5-13/h1-7,10,19H,8-9,11H2,(H2,18,20). The summed E-state index contributed by atoms with van der Waals surface area (Å²) in [5.74, 6) is 1.41. The van der Waals surface area contributed by atoms with Gasteiger partial charge in [0.2, 0.25) is 5.91 Å². The van der Waals surface area contributed by atoms with Gasteiger partial charge in [-0.25, -0.2) is 0 Å². The molecule has 0 bridgehead atoms. The zero-order chi connectivity index (χ0) is 15.8. The molecule has 2 rings (SSSR count). The van der Waals surface area contributed by atoms with Crippen molar-refractivity contribution in [2.24, 2.45) is 5.73 Å². The Morgan fingerprint density at radius 2 is 1.91 bits per heavy atom. The maximum absolute atomic E-state index is 10.6. The van der Waals surface area contributed by atoms with Crippen LogP contribution < -0.4 is 20.5 Å². The monoisotopic (exact) mass is 320 g/mol. The summed E-state index contributed by atoms with van der Waals surface area (Å²) in [5, 5.41) is 3.43. The van der Waals surface area contributed by atoms with Crippen molar-refractivity contribution in [3.05, 3.63) is 53.6 Å². The summed E-state index contributed by atoms with van der Waals surface area (Å²) >= 11 is 6.00. The van der Waals surface area contributed by atoms with E-state index in [4.69, 9.17) is 26.8 Å². The molecule has 0 aliphatic heterocycles. The van der Waals surface area contributed by atoms with E-state index < -0.39 is 5.91 Å². The number of halogens is 1. The van der Waals surface area contributed by atoms with Gasteiger partial charge in [-0.2, -0.15) is 0 Å². The average Bonchev–Trinajstić information content (AvgIpc) is 2.49. The van der Waals surface area contributed by atoms with Crippen molar-refractivity contribution in [2.75, 3.05) is 19.7 Å². The van der Waals surface area contributed by atoms with Gasteiger partial charge >= 0.3 is 0 Å². The van der Waals surface area contributed by atoms with Gasteiger partial charge in [0.25, 0.3) is 0 Å². The SMILES string of the molecule is NC(=O)CNCCOc1ccc(Cl)cc1Oc1ccccc1. The molecule has 22 heavy (non-hydrogen) atoms. The third kappa shape index (κ3) is 5.27. The Morgan fingerprint density at radius 3 is 2.64 bits per heavy atom. The highest BCUT2D eigenvalue weighted by molar-refractivity contribution is 6.30. The summed E-state index contributed by atoms with van der Waals surface area (Å²) in [6.07, 6.45) is 0. The number of primary amides is 1. The van der Waals surface area contributed by atoms with Crippen LogP contribution in [0.2, 0.25) is 5.02 Å². The van der Waals surface area contributed by atoms with Gasteiger partial charge in [0.05, 0.1) is 6.54 Å². The lowest BCUT2D eigenvalue weighted by atomic mass is 10.3. The van der Waals surface area contributed by atoms with Crippen LogP contribution in [-0.2, 0) is 4.79 Å². The van der Waals surface area contributed by atoms with E-state index in [2.05, 4.69) is 5.32 Å². The van der Waals surface area contributed by atoms with Crippen molar-refractivity contribution in [1.82, 2.24) is 5.32 Å². The van der Waals surface area contributed by atoms with Gasteiger partial charge in [-0.05, 0) is 24.3 Å². The summed E-state index contributed by atoms with van der Waals surface area (Å²) in [5.41, 5.74) is 5.04. The molecule has 1 amide bonds. The van der Waals surface area contributed by atoms with Gasteiger partial charge in [0, 0.05) is 17.6 Å². The Bertz CT molecular complexity index is 620. The largest absolute Gasteiger partial charge is 0.488 e. The second kappa shape index (κ2) is 8.26. The van der Waals surface area contributed by atoms with Crippen molar-refractivity contribution in [2.45, 2.75) is 0 Å². The number of hydrogen-bond donors (Lipinski definition) is 2. The number of benzene rings is 2. The minimum Gasteiger partial charge on any atom is -0.488 e. The van der Waals surface area contributed by atoms with E-state index in [0.29, 0.717) is 35.4 Å². The van der Waals surface area contributed by atoms with Crippen LogP contribution in [0.1, 0.15) is 0 Å². The fraction of sp³-hybridized carbons (Fsp3) is 0.188. The molecule has 0 atom stereocenters. The van der Waals surface area contributed by atoms with Crippen molar-refractivity contribution in [3.8, 4) is 17.2 Å². The minimum atomic E-state index is -0.403. The summed E-state index contributed by atoms with van der Waals surface area (Å²) < 4.78 is 11.4. The first-order valence-electron chi connectivity index (χ1n) is 6.79. The predicted octanol–water partition coefficient (Wildman–Crippen LogP) is 2.59. The molecule has 6 heteroatoms. The van der Waals surface area contributed by atoms with E-state index in [-0.39, 0.29) is 6.54 Å². The van der Waals surface area contributed by atoms with Crippen molar-refractivity contribution in [3.63, 3.8) is 0 Å². The molecule has 0 aliphatic carbocycles. The number of hydrogen-bond acceptors (Lipinski definition) is 4. The van der Waals surface area contributed by atoms with Gasteiger partial charge < -0.3 is 20.5 Å². The Kier molecular flexibility index (Phi) is 6.06. The molecule has 116 valence electrons. The molecule has 0 saturated heterocycles. The van der Waals surface area contributed by atoms with Gasteiger partial charge in [0.1, 0.15) is 12.4 Å². The van der Waals surface area contributed by atoms with Crippen LogP contribution in [0.3, 0.4) is 0 Å². The maximum atomic E-state index is 10.6. The molecular formula is C16H17ClN2O3. The summed E-state index contributed by atoms with van der Waals surface area (Å²) in [4.78, 5) is 10.6. The predicted molar refractivity (Wildman–Crippen MR) is 85.5 cm³/mol. The summed E-state index contributed by atoms with van der Waals surface area (Å²) in [7, 11) is 0. The van der Waals surface area contributed by atoms with Crippen LogP contribution in [-0.4, -0.2) is 25.6 Å². The molecule has 2 aromatic rings. The fourth-order valence-corrected chi connectivity index (χ4v) is 1.90. The van der Waals surface area contributed by atoms with E-state index in [0.717, 1.165) is 0 Å². The van der Waals surface area contributed by atoms with E-state index in [1.165, 1.54) is 0 Å². The molecule has 0 aromatic heterocycles. The molecule has 0 radical (unpaired) electrons. The number of carbonyl (C=O) groups is 1. The topological polar surface area (TPSA) is 73.6 Å². The van der Waals surface area contributed by atoms with Crippen LogP contribution >= 0.6 is 11.6 Å². The second-order valence-corrected chi connectivity index (χ2v) is 4.93. The second-order valence-electron chi connectivity index (χ2n) is 4.50. The molecule has 0 fully saturated rings. The normalized spacial score (nSPS) is 10.2. The van der Waals surface area contributed by atoms with E-state index in [1.807, 2.05) is 30.3 Å². The lowest BCUT2D eigenvalue weighted by molar-refractivity contribution is -0.117. The van der Waals surface area contributed by atoms with Crippen LogP contribution in [0.15, 0.2) is 48.5 Å². The lowest BCUT2D eigenvalue weighted by Crippen LogP contribution is -2.31. The van der Waals surface area contributed by atoms with Crippen LogP contribution in [0, 0.1) is 0 Å². The van der Waals surface area contributed by atoms with Crippen LogP contribution in [0.25, 0.3) is 0 Å². The van der Waals surface area contributed by atoms with Gasteiger partial charge in [-0.15, -0.1) is 0 Å². The number of amides is 1. The van der Waals surface area contributed by atoms with Crippen LogP contribution in [0.4, 0.5) is 0 Å². The van der Waals surface area contributed by atoms with Crippen molar-refractivity contribution < 1.29 is 14.3 Å². The zero-order valence-electron chi connectivity index (χ0n) is 11.9. The lowest BCUT2D eigenvalue weighted by Gasteiger charge is -2.13. The smallest absolute Gasteiger partial charge is 0.231 e. The molecule has 0 unspecified atom stereocenters. The number of nitrogens with one attached hydrogen (secondary N) is 1. The molecule has 5 nitrogen and oxygen atoms in total. The molecule has 0 saturated carbocycles. The molecular weight excluding hydrogens is 304 g/mol. The summed E-state index contributed by atoms with van der Waals surface area (Å²) in [6.45, 7) is 0.994. The molecule has 0 heterocycles. The van der Waals surface area contributed by atoms with E-state index in [1.54, 1.807) is 18.2 Å². The fourth-order valence-electron chi connectivity index (χ4n) is 1.74. The third-order valence-corrected chi connectivity index (χ3v) is 2.95. The van der Waals surface area contributed by atoms with Gasteiger partial charge in [-0.1, -0.05) is 29.8 Å². The molecule has 3 N–H and O–H groups in total. The first-order chi connectivity index (χ1) is 10.6. The van der Waals surface area contributed by atoms with Crippen molar-refractivity contribution in [1.29, 1.82) is 0 Å². The highest BCUT2D eigenvalue weighted by atomic mass is 35.5. The Hall–Kier alpha value is -2.24. The number of carbonyl (C=O) groups excluding carboxylic acids is 1. The van der Waals surface area contributed by atoms with E-state index in [9.17, 15) is 4.79 Å². The highest BCUT2D eigenvalue weighted by Gasteiger charge is 2.07. The maximum Gasteiger partial charge on any atom is 0.231 e. The third-order valence-electron chi connectivity index (χ3n) is 2.71. The highest BCUT2D eigenvalue weighted by Crippen LogP contribution is 2.33. The Balaban J connectivity index is 1.97. The number of para-hydroxylation sites is 1. The average molecular weight is 321 g/mol. The van der Waals surface area contributed by atoms with Gasteiger partial charge in [-0.3, -0.25) is 4.79 Å². The first kappa shape index (κ1) is 16.1. The number of ether oxygens (including phenoxy) is 2. The van der Waals surface area contributed by atoms with Crippen LogP contribution in [0.5, 0.6) is 17.2 Å². The summed E-state index contributed by atoms with van der Waals surface area (Å²) in [6, 6.07) is 14.5. The minimum absolute atomic E-state index is 0.122. The number of nitrogens with two attached hydrogens (primary N) is 1. The Labute approximate surface area is 134 Å². The Morgan fingerprint density at radius 1 is 1.14 bits per heavy atom. The van der Waals surface area contributed by atoms with Gasteiger partial charge in [0.15, 0.2) is 11.5 Å². The van der Waals surface area contributed by atoms with Crippen molar-refractivity contribution >= 4 is 17.5 Å². The number of rotatable bonds is 8. The molecule has 2 aromatic carbocycles. The first-order valence-corrected chi connectivity index (χ1v) is 7.17. The molecule has 0 spiro atoms. The molecule has 0 aliphatic rings. The van der Waals surface area contributed by atoms with E-state index >= 15 is 0 Å².